The van der Waals surface area contributed by atoms with Crippen molar-refractivity contribution < 1.29 is 28.5 Å². The molecule has 2 aromatic rings. The molecule has 0 N–H and O–H groups in total. The topological polar surface area (TPSA) is 102 Å². The van der Waals surface area contributed by atoms with Crippen LogP contribution >= 0.6 is 0 Å². The van der Waals surface area contributed by atoms with Crippen molar-refractivity contribution in [2.45, 2.75) is 65.0 Å². The average molecular weight is 601 g/mol. The average Bonchev–Trinajstić information content (AvgIpc) is 3.55. The van der Waals surface area contributed by atoms with Gasteiger partial charge in [0.15, 0.2) is 23.0 Å². The molecule has 3 aliphatic rings. The summed E-state index contributed by atoms with van der Waals surface area (Å²) in [6, 6.07) is 7.17. The zero-order chi connectivity index (χ0) is 31.2. The van der Waals surface area contributed by atoms with Gasteiger partial charge in [0.25, 0.3) is 5.91 Å². The normalized spacial score (nSPS) is 19.0. The number of carbonyl (C=O) groups excluding carboxylic acids is 2. The van der Waals surface area contributed by atoms with Crippen LogP contribution in [0.25, 0.3) is 0 Å². The van der Waals surface area contributed by atoms with E-state index in [1.807, 2.05) is 57.7 Å². The molecule has 44 heavy (non-hydrogen) atoms. The fourth-order valence-electron chi connectivity index (χ4n) is 5.60. The second kappa shape index (κ2) is 13.8. The molecular formula is C34H40N4O6. The number of aliphatic imine (C=N–C) groups is 2. The first-order valence-corrected chi connectivity index (χ1v) is 15.0. The Labute approximate surface area is 258 Å². The van der Waals surface area contributed by atoms with Gasteiger partial charge in [0.1, 0.15) is 0 Å². The molecule has 0 saturated heterocycles. The van der Waals surface area contributed by atoms with Gasteiger partial charge >= 0.3 is 0 Å². The maximum absolute atomic E-state index is 13.2. The Hall–Kier alpha value is -4.60. The van der Waals surface area contributed by atoms with Crippen LogP contribution in [0.1, 0.15) is 61.9 Å². The Bertz CT molecular complexity index is 1530. The molecule has 0 saturated carbocycles. The van der Waals surface area contributed by atoms with Crippen LogP contribution in [0.15, 0.2) is 57.8 Å². The Morgan fingerprint density at radius 3 is 2.27 bits per heavy atom. The minimum Gasteiger partial charge on any atom is -0.493 e. The summed E-state index contributed by atoms with van der Waals surface area (Å²) in [4.78, 5) is 37.2. The van der Waals surface area contributed by atoms with Crippen molar-refractivity contribution >= 4 is 36.1 Å². The van der Waals surface area contributed by atoms with Gasteiger partial charge in [-0.3, -0.25) is 19.6 Å². The third-order valence-corrected chi connectivity index (χ3v) is 7.96. The number of hydrogen-bond donors (Lipinski definition) is 0. The van der Waals surface area contributed by atoms with Crippen LogP contribution in [0, 0.1) is 6.92 Å². The van der Waals surface area contributed by atoms with Crippen LogP contribution in [0.5, 0.6) is 23.0 Å². The smallest absolute Gasteiger partial charge is 0.260 e. The molecule has 0 aromatic heterocycles. The lowest BCUT2D eigenvalue weighted by Gasteiger charge is -2.19. The minimum atomic E-state index is -0.0842. The predicted octanol–water partition coefficient (Wildman–Crippen LogP) is 6.31. The second-order valence-electron chi connectivity index (χ2n) is 11.4. The first-order chi connectivity index (χ1) is 21.3. The van der Waals surface area contributed by atoms with E-state index in [0.717, 1.165) is 60.9 Å². The fraction of sp³-hybridized carbons (Fsp3) is 0.412. The van der Waals surface area contributed by atoms with E-state index in [1.165, 1.54) is 0 Å². The van der Waals surface area contributed by atoms with Crippen LogP contribution < -0.4 is 18.9 Å². The summed E-state index contributed by atoms with van der Waals surface area (Å²) in [6.07, 6.45) is 12.3. The van der Waals surface area contributed by atoms with Gasteiger partial charge in [0, 0.05) is 37.0 Å². The fourth-order valence-corrected chi connectivity index (χ4v) is 5.60. The summed E-state index contributed by atoms with van der Waals surface area (Å²) in [5.74, 6) is 2.28. The molecule has 0 bridgehead atoms. The van der Waals surface area contributed by atoms with Gasteiger partial charge in [0.2, 0.25) is 6.41 Å². The molecule has 10 nitrogen and oxygen atoms in total. The van der Waals surface area contributed by atoms with Crippen molar-refractivity contribution in [2.24, 2.45) is 9.98 Å². The van der Waals surface area contributed by atoms with Crippen LogP contribution in [0.4, 0.5) is 11.4 Å². The standard InChI is InChI=1S/C34H40N4O6/c1-22-11-25(37(19-22)21-39)17-35-28-15-32(30(41-4)13-24(28)3)43-9-7-6-8-10-44-33-16-29-27(14-31(33)42-5)34(40)38-20-23(2)12-26(38)18-36-29/h13-21,25-26H,6-12H2,1-5H3/b35-17-/t25-,26?/m0/s1. The van der Waals surface area contributed by atoms with Gasteiger partial charge in [0.05, 0.1) is 56.5 Å². The maximum atomic E-state index is 13.2. The Kier molecular flexibility index (Phi) is 9.67. The summed E-state index contributed by atoms with van der Waals surface area (Å²) >= 11 is 0. The number of fused-ring (bicyclic) bond motifs is 2. The molecular weight excluding hydrogens is 560 g/mol. The van der Waals surface area contributed by atoms with Crippen LogP contribution in [-0.2, 0) is 4.79 Å². The largest absolute Gasteiger partial charge is 0.493 e. The van der Waals surface area contributed by atoms with Crippen LogP contribution in [0.3, 0.4) is 0 Å². The summed E-state index contributed by atoms with van der Waals surface area (Å²) in [6.45, 7) is 7.00. The van der Waals surface area contributed by atoms with Crippen molar-refractivity contribution in [1.29, 1.82) is 0 Å². The van der Waals surface area contributed by atoms with Gasteiger partial charge in [-0.05, 0) is 70.6 Å². The van der Waals surface area contributed by atoms with Crippen molar-refractivity contribution in [3.8, 4) is 23.0 Å². The van der Waals surface area contributed by atoms with E-state index in [0.29, 0.717) is 47.5 Å². The van der Waals surface area contributed by atoms with E-state index in [2.05, 4.69) is 9.98 Å². The third-order valence-electron chi connectivity index (χ3n) is 7.96. The summed E-state index contributed by atoms with van der Waals surface area (Å²) in [7, 11) is 3.19. The van der Waals surface area contributed by atoms with Gasteiger partial charge in [-0.2, -0.15) is 0 Å². The van der Waals surface area contributed by atoms with E-state index in [4.69, 9.17) is 18.9 Å². The van der Waals surface area contributed by atoms with Gasteiger partial charge in [-0.15, -0.1) is 0 Å². The molecule has 3 heterocycles. The quantitative estimate of drug-likeness (QED) is 0.152. The monoisotopic (exact) mass is 600 g/mol. The number of hydrogen-bond acceptors (Lipinski definition) is 8. The molecule has 2 aromatic carbocycles. The Morgan fingerprint density at radius 2 is 1.57 bits per heavy atom. The molecule has 0 radical (unpaired) electrons. The van der Waals surface area contributed by atoms with Gasteiger partial charge in [-0.25, -0.2) is 0 Å². The molecule has 3 aliphatic heterocycles. The Balaban J connectivity index is 1.12. The Morgan fingerprint density at radius 1 is 0.886 bits per heavy atom. The SMILES string of the molecule is COc1cc2c(cc1OCCCCCOc1cc(/N=C\[C@@H]3CC(C)=CN3C=O)c(C)cc1OC)N=CC1CC(C)=CN1C2=O. The van der Waals surface area contributed by atoms with Crippen molar-refractivity contribution in [3.05, 3.63) is 58.9 Å². The molecule has 2 amide bonds. The van der Waals surface area contributed by atoms with Gasteiger partial charge < -0.3 is 28.7 Å². The molecule has 0 fully saturated rings. The van der Waals surface area contributed by atoms with Crippen LogP contribution in [-0.4, -0.2) is 74.1 Å². The molecule has 0 aliphatic carbocycles. The molecule has 5 rings (SSSR count). The molecule has 0 spiro atoms. The van der Waals surface area contributed by atoms with E-state index in [-0.39, 0.29) is 18.0 Å². The number of rotatable bonds is 13. The lowest BCUT2D eigenvalue weighted by molar-refractivity contribution is -0.116. The zero-order valence-electron chi connectivity index (χ0n) is 26.0. The highest BCUT2D eigenvalue weighted by atomic mass is 16.5. The number of ether oxygens (including phenoxy) is 4. The summed E-state index contributed by atoms with van der Waals surface area (Å²) in [5.41, 5.74) is 5.13. The van der Waals surface area contributed by atoms with E-state index >= 15 is 0 Å². The minimum absolute atomic E-state index is 0.0557. The zero-order valence-corrected chi connectivity index (χ0v) is 26.0. The lowest BCUT2D eigenvalue weighted by Crippen LogP contribution is -2.32. The number of benzene rings is 2. The molecule has 2 atom stereocenters. The van der Waals surface area contributed by atoms with Crippen molar-refractivity contribution in [1.82, 2.24) is 9.80 Å². The number of methoxy groups -OCH3 is 2. The molecule has 10 heteroatoms. The van der Waals surface area contributed by atoms with E-state index in [9.17, 15) is 9.59 Å². The first kappa shape index (κ1) is 30.8. The van der Waals surface area contributed by atoms with E-state index in [1.54, 1.807) is 36.2 Å². The highest BCUT2D eigenvalue weighted by Gasteiger charge is 2.32. The number of aryl methyl sites for hydroxylation is 1. The van der Waals surface area contributed by atoms with Crippen LogP contribution in [0.2, 0.25) is 0 Å². The van der Waals surface area contributed by atoms with Crippen molar-refractivity contribution in [3.63, 3.8) is 0 Å². The second-order valence-corrected chi connectivity index (χ2v) is 11.4. The molecule has 232 valence electrons. The number of carbonyl (C=O) groups is 2. The third kappa shape index (κ3) is 6.79. The van der Waals surface area contributed by atoms with Gasteiger partial charge in [-0.1, -0.05) is 11.1 Å². The van der Waals surface area contributed by atoms with Crippen molar-refractivity contribution in [2.75, 3.05) is 27.4 Å². The maximum Gasteiger partial charge on any atom is 0.260 e. The van der Waals surface area contributed by atoms with E-state index < -0.39 is 0 Å². The summed E-state index contributed by atoms with van der Waals surface area (Å²) < 4.78 is 23.2. The lowest BCUT2D eigenvalue weighted by atomic mass is 10.1. The number of unbranched alkanes of at least 4 members (excludes halogenated alkanes) is 2. The predicted molar refractivity (Wildman–Crippen MR) is 170 cm³/mol. The molecule has 1 unspecified atom stereocenters. The number of nitrogens with zero attached hydrogens (tertiary/aromatic N) is 4. The summed E-state index contributed by atoms with van der Waals surface area (Å²) in [5, 5.41) is 0. The number of amides is 2. The first-order valence-electron chi connectivity index (χ1n) is 15.0. The highest BCUT2D eigenvalue weighted by Crippen LogP contribution is 2.39. The highest BCUT2D eigenvalue weighted by molar-refractivity contribution is 6.04.